The Morgan fingerprint density at radius 1 is 1.03 bits per heavy atom. The molecule has 1 aliphatic heterocycles. The third-order valence-electron chi connectivity index (χ3n) is 6.34. The highest BCUT2D eigenvalue weighted by atomic mass is 79.9. The van der Waals surface area contributed by atoms with Crippen molar-refractivity contribution in [3.63, 3.8) is 0 Å². The second-order valence-corrected chi connectivity index (χ2v) is 9.34. The molecule has 0 bridgehead atoms. The quantitative estimate of drug-likeness (QED) is 0.316. The third kappa shape index (κ3) is 4.43. The average Bonchev–Trinajstić information content (AvgIpc) is 3.39. The van der Waals surface area contributed by atoms with Gasteiger partial charge in [0.1, 0.15) is 17.0 Å². The van der Waals surface area contributed by atoms with Crippen LogP contribution in [-0.4, -0.2) is 31.1 Å². The number of allylic oxidation sites excluding steroid dienone is 1. The van der Waals surface area contributed by atoms with Crippen LogP contribution in [0, 0.1) is 11.3 Å². The standard InChI is InChI=1S/C29H21BrN4O5/c1-37-28(35)24-23(16-8-4-3-5-9-16)19(15-31)26(32)34(25(24)29(36)38-2)17-12-13-22-21(14-17)33-27(39-22)18-10-6-7-11-20(18)30/h3-14,23H,32H2,1-2H3. The predicted molar refractivity (Wildman–Crippen MR) is 147 cm³/mol. The zero-order valence-corrected chi connectivity index (χ0v) is 22.4. The number of nitriles is 1. The highest BCUT2D eigenvalue weighted by Crippen LogP contribution is 2.43. The molecule has 0 fully saturated rings. The molecular weight excluding hydrogens is 564 g/mol. The number of fused-ring (bicyclic) bond motifs is 1. The van der Waals surface area contributed by atoms with Crippen LogP contribution in [0.5, 0.6) is 0 Å². The molecule has 1 atom stereocenters. The fourth-order valence-corrected chi connectivity index (χ4v) is 5.04. The molecule has 10 heteroatoms. The van der Waals surface area contributed by atoms with E-state index in [0.717, 1.165) is 10.0 Å². The molecule has 2 heterocycles. The van der Waals surface area contributed by atoms with Crippen LogP contribution in [0.15, 0.2) is 104 Å². The van der Waals surface area contributed by atoms with Crippen molar-refractivity contribution in [3.05, 3.63) is 105 Å². The Labute approximate surface area is 231 Å². The lowest BCUT2D eigenvalue weighted by Gasteiger charge is -2.35. The van der Waals surface area contributed by atoms with Gasteiger partial charge >= 0.3 is 11.9 Å². The summed E-state index contributed by atoms with van der Waals surface area (Å²) in [6.07, 6.45) is 0. The van der Waals surface area contributed by atoms with Crippen LogP contribution in [0.25, 0.3) is 22.6 Å². The molecule has 0 saturated heterocycles. The average molecular weight is 585 g/mol. The van der Waals surface area contributed by atoms with Crippen LogP contribution in [0.2, 0.25) is 0 Å². The van der Waals surface area contributed by atoms with E-state index in [1.807, 2.05) is 24.3 Å². The summed E-state index contributed by atoms with van der Waals surface area (Å²) in [6.45, 7) is 0. The number of nitrogens with two attached hydrogens (primary N) is 1. The number of aromatic nitrogens is 1. The lowest BCUT2D eigenvalue weighted by atomic mass is 9.81. The van der Waals surface area contributed by atoms with Crippen LogP contribution in [0.4, 0.5) is 5.69 Å². The molecule has 5 rings (SSSR count). The zero-order chi connectivity index (χ0) is 27.7. The number of ether oxygens (including phenoxy) is 2. The van der Waals surface area contributed by atoms with Crippen molar-refractivity contribution < 1.29 is 23.5 Å². The number of carbonyl (C=O) groups excluding carboxylic acids is 2. The molecule has 0 amide bonds. The first-order valence-electron chi connectivity index (χ1n) is 11.7. The molecule has 1 aromatic heterocycles. The third-order valence-corrected chi connectivity index (χ3v) is 7.04. The summed E-state index contributed by atoms with van der Waals surface area (Å²) in [4.78, 5) is 32.4. The highest BCUT2D eigenvalue weighted by Gasteiger charge is 2.43. The van der Waals surface area contributed by atoms with Crippen molar-refractivity contribution >= 4 is 44.7 Å². The fraction of sp³-hybridized carbons (Fsp3) is 0.103. The van der Waals surface area contributed by atoms with E-state index < -0.39 is 17.9 Å². The van der Waals surface area contributed by atoms with E-state index in [-0.39, 0.29) is 22.7 Å². The van der Waals surface area contributed by atoms with E-state index in [1.54, 1.807) is 48.5 Å². The topological polar surface area (TPSA) is 132 Å². The van der Waals surface area contributed by atoms with Crippen LogP contribution >= 0.6 is 15.9 Å². The molecule has 2 N–H and O–H groups in total. The molecule has 3 aromatic carbocycles. The first kappa shape index (κ1) is 25.8. The maximum absolute atomic E-state index is 13.3. The van der Waals surface area contributed by atoms with Crippen LogP contribution < -0.4 is 10.6 Å². The van der Waals surface area contributed by atoms with Crippen molar-refractivity contribution in [2.75, 3.05) is 19.1 Å². The Morgan fingerprint density at radius 3 is 2.38 bits per heavy atom. The van der Waals surface area contributed by atoms with Crippen molar-refractivity contribution in [2.24, 2.45) is 5.73 Å². The van der Waals surface area contributed by atoms with Crippen molar-refractivity contribution in [3.8, 4) is 17.5 Å². The number of halogens is 1. The van der Waals surface area contributed by atoms with Crippen molar-refractivity contribution in [1.82, 2.24) is 4.98 Å². The van der Waals surface area contributed by atoms with Gasteiger partial charge in [0.2, 0.25) is 5.89 Å². The van der Waals surface area contributed by atoms with E-state index in [0.29, 0.717) is 28.2 Å². The first-order chi connectivity index (χ1) is 18.9. The minimum absolute atomic E-state index is 0.0340. The van der Waals surface area contributed by atoms with E-state index in [1.165, 1.54) is 19.1 Å². The van der Waals surface area contributed by atoms with Crippen LogP contribution in [-0.2, 0) is 19.1 Å². The molecule has 194 valence electrons. The maximum Gasteiger partial charge on any atom is 0.355 e. The van der Waals surface area contributed by atoms with E-state index in [2.05, 4.69) is 27.0 Å². The molecule has 9 nitrogen and oxygen atoms in total. The number of anilines is 1. The second kappa shape index (κ2) is 10.5. The van der Waals surface area contributed by atoms with Gasteiger partial charge in [0, 0.05) is 4.47 Å². The van der Waals surface area contributed by atoms with Crippen molar-refractivity contribution in [2.45, 2.75) is 5.92 Å². The number of nitrogens with zero attached hydrogens (tertiary/aromatic N) is 3. The van der Waals surface area contributed by atoms with Gasteiger partial charge in [-0.3, -0.25) is 4.90 Å². The van der Waals surface area contributed by atoms with Gasteiger partial charge in [0.05, 0.1) is 48.6 Å². The molecular formula is C29H21BrN4O5. The zero-order valence-electron chi connectivity index (χ0n) is 20.8. The fourth-order valence-electron chi connectivity index (χ4n) is 4.59. The monoisotopic (exact) mass is 584 g/mol. The summed E-state index contributed by atoms with van der Waals surface area (Å²) in [5.74, 6) is -2.23. The number of benzene rings is 3. The van der Waals surface area contributed by atoms with Gasteiger partial charge in [0.15, 0.2) is 5.58 Å². The second-order valence-electron chi connectivity index (χ2n) is 8.49. The van der Waals surface area contributed by atoms with Crippen molar-refractivity contribution in [1.29, 1.82) is 5.26 Å². The van der Waals surface area contributed by atoms with Gasteiger partial charge in [-0.05, 0) is 51.8 Å². The molecule has 0 radical (unpaired) electrons. The number of rotatable bonds is 5. The van der Waals surface area contributed by atoms with Gasteiger partial charge in [0.25, 0.3) is 0 Å². The number of esters is 2. The summed E-state index contributed by atoms with van der Waals surface area (Å²) < 4.78 is 16.9. The molecule has 0 spiro atoms. The smallest absolute Gasteiger partial charge is 0.355 e. The van der Waals surface area contributed by atoms with Gasteiger partial charge in [-0.15, -0.1) is 0 Å². The number of hydrogen-bond acceptors (Lipinski definition) is 9. The Kier molecular flexibility index (Phi) is 6.92. The molecule has 39 heavy (non-hydrogen) atoms. The summed E-state index contributed by atoms with van der Waals surface area (Å²) in [5.41, 5.74) is 9.09. The normalized spacial score (nSPS) is 15.3. The van der Waals surface area contributed by atoms with Crippen LogP contribution in [0.3, 0.4) is 0 Å². The minimum Gasteiger partial charge on any atom is -0.466 e. The van der Waals surface area contributed by atoms with E-state index >= 15 is 0 Å². The SMILES string of the molecule is COC(=O)C1=C(C(=O)OC)N(c2ccc3oc(-c4ccccc4Br)nc3c2)C(N)=C(C#N)C1c1ccccc1. The molecule has 1 aliphatic rings. The lowest BCUT2D eigenvalue weighted by Crippen LogP contribution is -2.40. The van der Waals surface area contributed by atoms with E-state index in [9.17, 15) is 14.9 Å². The molecule has 0 saturated carbocycles. The largest absolute Gasteiger partial charge is 0.466 e. The summed E-state index contributed by atoms with van der Waals surface area (Å²) in [6, 6.07) is 23.4. The first-order valence-corrected chi connectivity index (χ1v) is 12.5. The van der Waals surface area contributed by atoms with Gasteiger partial charge in [-0.1, -0.05) is 42.5 Å². The summed E-state index contributed by atoms with van der Waals surface area (Å²) in [5, 5.41) is 10.2. The number of carbonyl (C=O) groups is 2. The molecule has 0 aliphatic carbocycles. The Morgan fingerprint density at radius 2 is 1.72 bits per heavy atom. The van der Waals surface area contributed by atoms with Gasteiger partial charge < -0.3 is 19.6 Å². The summed E-state index contributed by atoms with van der Waals surface area (Å²) >= 11 is 3.51. The maximum atomic E-state index is 13.3. The Hall–Kier alpha value is -4.88. The Balaban J connectivity index is 1.75. The molecule has 4 aromatic rings. The molecule has 1 unspecified atom stereocenters. The highest BCUT2D eigenvalue weighted by molar-refractivity contribution is 9.10. The van der Waals surface area contributed by atoms with Gasteiger partial charge in [-0.2, -0.15) is 5.26 Å². The number of methoxy groups -OCH3 is 2. The lowest BCUT2D eigenvalue weighted by molar-refractivity contribution is -0.139. The number of hydrogen-bond donors (Lipinski definition) is 1. The minimum atomic E-state index is -0.952. The Bertz CT molecular complexity index is 1720. The van der Waals surface area contributed by atoms with E-state index in [4.69, 9.17) is 19.6 Å². The summed E-state index contributed by atoms with van der Waals surface area (Å²) in [7, 11) is 2.40. The predicted octanol–water partition coefficient (Wildman–Crippen LogP) is 5.16. The number of oxazole rings is 1. The van der Waals surface area contributed by atoms with Gasteiger partial charge in [-0.25, -0.2) is 14.6 Å². The van der Waals surface area contributed by atoms with Crippen LogP contribution in [0.1, 0.15) is 11.5 Å².